The molecule has 0 radical (unpaired) electrons. The highest BCUT2D eigenvalue weighted by Gasteiger charge is 2.15. The number of hydrogen-bond donors (Lipinski definition) is 4. The Kier molecular flexibility index (Phi) is 17.2. The van der Waals surface area contributed by atoms with Crippen molar-refractivity contribution in [2.45, 2.75) is 96.2 Å². The Morgan fingerprint density at radius 3 is 1.85 bits per heavy atom. The van der Waals surface area contributed by atoms with Crippen LogP contribution in [0.15, 0.2) is 0 Å². The molecular weight excluding hydrogens is 336 g/mol. The van der Waals surface area contributed by atoms with E-state index in [-0.39, 0.29) is 31.7 Å². The first-order valence-electron chi connectivity index (χ1n) is 10.2. The summed E-state index contributed by atoms with van der Waals surface area (Å²) in [6, 6.07) is 0. The van der Waals surface area contributed by atoms with Crippen LogP contribution in [0.2, 0.25) is 0 Å². The van der Waals surface area contributed by atoms with Gasteiger partial charge in [-0.05, 0) is 25.7 Å². The van der Waals surface area contributed by atoms with Gasteiger partial charge in [0.2, 0.25) is 0 Å². The molecule has 3 unspecified atom stereocenters. The van der Waals surface area contributed by atoms with Gasteiger partial charge in [0.25, 0.3) is 0 Å². The van der Waals surface area contributed by atoms with Gasteiger partial charge in [0.05, 0.1) is 18.8 Å². The van der Waals surface area contributed by atoms with E-state index >= 15 is 0 Å². The lowest BCUT2D eigenvalue weighted by molar-refractivity contribution is -0.145. The summed E-state index contributed by atoms with van der Waals surface area (Å²) in [6.45, 7) is 2.35. The van der Waals surface area contributed by atoms with Crippen LogP contribution in [0.4, 0.5) is 0 Å². The van der Waals surface area contributed by atoms with Gasteiger partial charge in [-0.15, -0.1) is 0 Å². The van der Waals surface area contributed by atoms with Crippen molar-refractivity contribution < 1.29 is 30.0 Å². The summed E-state index contributed by atoms with van der Waals surface area (Å²) in [5.74, 6) is -0.218. The number of esters is 1. The fraction of sp³-hybridized carbons (Fsp3) is 0.950. The summed E-state index contributed by atoms with van der Waals surface area (Å²) in [6.07, 6.45) is 8.57. The van der Waals surface area contributed by atoms with E-state index in [0.717, 1.165) is 57.8 Å². The summed E-state index contributed by atoms with van der Waals surface area (Å²) in [5, 5.41) is 37.4. The van der Waals surface area contributed by atoms with Crippen LogP contribution in [-0.2, 0) is 9.53 Å². The normalized spacial score (nSPS) is 14.8. The average molecular weight is 377 g/mol. The Bertz CT molecular complexity index is 323. The van der Waals surface area contributed by atoms with Gasteiger partial charge in [-0.2, -0.15) is 0 Å². The molecule has 0 aliphatic carbocycles. The molecule has 0 spiro atoms. The van der Waals surface area contributed by atoms with Crippen LogP contribution in [0.25, 0.3) is 0 Å². The van der Waals surface area contributed by atoms with Gasteiger partial charge in [0.15, 0.2) is 0 Å². The minimum absolute atomic E-state index is 0.0127. The molecular formula is C20H40O6. The molecule has 0 aromatic heterocycles. The minimum Gasteiger partial charge on any atom is -0.465 e. The molecule has 0 rings (SSSR count). The van der Waals surface area contributed by atoms with E-state index in [1.165, 1.54) is 0 Å². The zero-order chi connectivity index (χ0) is 19.6. The molecule has 26 heavy (non-hydrogen) atoms. The lowest BCUT2D eigenvalue weighted by atomic mass is 10.00. The van der Waals surface area contributed by atoms with Crippen molar-refractivity contribution >= 4 is 5.97 Å². The molecule has 0 saturated heterocycles. The van der Waals surface area contributed by atoms with Gasteiger partial charge in [-0.3, -0.25) is 4.79 Å². The summed E-state index contributed by atoms with van der Waals surface area (Å²) < 4.78 is 5.06. The van der Waals surface area contributed by atoms with Crippen LogP contribution in [0.3, 0.4) is 0 Å². The first-order valence-corrected chi connectivity index (χ1v) is 10.2. The van der Waals surface area contributed by atoms with Crippen molar-refractivity contribution in [3.63, 3.8) is 0 Å². The largest absolute Gasteiger partial charge is 0.465 e. The fourth-order valence-electron chi connectivity index (χ4n) is 2.72. The lowest BCUT2D eigenvalue weighted by Gasteiger charge is -2.17. The van der Waals surface area contributed by atoms with E-state index in [0.29, 0.717) is 19.3 Å². The van der Waals surface area contributed by atoms with E-state index in [9.17, 15) is 15.0 Å². The van der Waals surface area contributed by atoms with Gasteiger partial charge in [-0.1, -0.05) is 51.9 Å². The maximum Gasteiger partial charge on any atom is 0.305 e. The Hall–Kier alpha value is -0.690. The van der Waals surface area contributed by atoms with Gasteiger partial charge in [-0.25, -0.2) is 0 Å². The first kappa shape index (κ1) is 25.3. The SMILES string of the molecule is CC(CO)COC(=O)CCCCCCCC(O)C(O)CCCCCCO. The highest BCUT2D eigenvalue weighted by molar-refractivity contribution is 5.69. The van der Waals surface area contributed by atoms with Crippen molar-refractivity contribution in [2.75, 3.05) is 19.8 Å². The number of ether oxygens (including phenoxy) is 1. The van der Waals surface area contributed by atoms with Crippen molar-refractivity contribution in [1.82, 2.24) is 0 Å². The van der Waals surface area contributed by atoms with Crippen LogP contribution in [-0.4, -0.2) is 58.4 Å². The minimum atomic E-state index is -0.656. The molecule has 0 aromatic carbocycles. The number of rotatable bonds is 18. The van der Waals surface area contributed by atoms with E-state index in [1.807, 2.05) is 6.92 Å². The zero-order valence-corrected chi connectivity index (χ0v) is 16.4. The highest BCUT2D eigenvalue weighted by Crippen LogP contribution is 2.14. The highest BCUT2D eigenvalue weighted by atomic mass is 16.5. The second kappa shape index (κ2) is 17.7. The molecule has 156 valence electrons. The second-order valence-corrected chi connectivity index (χ2v) is 7.34. The molecule has 0 saturated carbocycles. The van der Waals surface area contributed by atoms with Crippen molar-refractivity contribution in [1.29, 1.82) is 0 Å². The molecule has 0 bridgehead atoms. The molecule has 6 heteroatoms. The van der Waals surface area contributed by atoms with Crippen LogP contribution >= 0.6 is 0 Å². The maximum absolute atomic E-state index is 11.5. The van der Waals surface area contributed by atoms with Crippen LogP contribution in [0, 0.1) is 5.92 Å². The van der Waals surface area contributed by atoms with E-state index in [2.05, 4.69) is 0 Å². The average Bonchev–Trinajstić information content (AvgIpc) is 2.64. The van der Waals surface area contributed by atoms with Crippen LogP contribution < -0.4 is 0 Å². The molecule has 3 atom stereocenters. The van der Waals surface area contributed by atoms with Gasteiger partial charge in [0, 0.05) is 25.6 Å². The number of aliphatic hydroxyl groups is 4. The van der Waals surface area contributed by atoms with Crippen LogP contribution in [0.5, 0.6) is 0 Å². The molecule has 0 aliphatic rings. The number of hydrogen-bond acceptors (Lipinski definition) is 6. The molecule has 0 amide bonds. The van der Waals surface area contributed by atoms with Crippen molar-refractivity contribution in [3.8, 4) is 0 Å². The topological polar surface area (TPSA) is 107 Å². The summed E-state index contributed by atoms with van der Waals surface area (Å²) in [5.41, 5.74) is 0. The fourth-order valence-corrected chi connectivity index (χ4v) is 2.72. The monoisotopic (exact) mass is 376 g/mol. The zero-order valence-electron chi connectivity index (χ0n) is 16.4. The standard InChI is InChI=1S/C20H40O6/c1-17(15-22)16-26-20(25)13-9-4-2-3-7-11-18(23)19(24)12-8-5-6-10-14-21/h17-19,21-24H,2-16H2,1H3. The molecule has 4 N–H and O–H groups in total. The van der Waals surface area contributed by atoms with Gasteiger partial charge >= 0.3 is 5.97 Å². The Labute approximate surface area is 158 Å². The Morgan fingerprint density at radius 2 is 1.31 bits per heavy atom. The van der Waals surface area contributed by atoms with Gasteiger partial charge in [0.1, 0.15) is 0 Å². The molecule has 0 aliphatic heterocycles. The molecule has 0 fully saturated rings. The third-order valence-electron chi connectivity index (χ3n) is 4.57. The van der Waals surface area contributed by atoms with Crippen molar-refractivity contribution in [2.24, 2.45) is 5.92 Å². The maximum atomic E-state index is 11.5. The third-order valence-corrected chi connectivity index (χ3v) is 4.57. The number of carbonyl (C=O) groups excluding carboxylic acids is 1. The smallest absolute Gasteiger partial charge is 0.305 e. The quantitative estimate of drug-likeness (QED) is 0.216. The van der Waals surface area contributed by atoms with Gasteiger partial charge < -0.3 is 25.2 Å². The Morgan fingerprint density at radius 1 is 0.808 bits per heavy atom. The number of aliphatic hydroxyl groups excluding tert-OH is 4. The number of unbranched alkanes of at least 4 members (excludes halogenated alkanes) is 7. The number of carbonyl (C=O) groups is 1. The van der Waals surface area contributed by atoms with E-state index in [4.69, 9.17) is 14.9 Å². The van der Waals surface area contributed by atoms with Crippen molar-refractivity contribution in [3.05, 3.63) is 0 Å². The summed E-state index contributed by atoms with van der Waals surface area (Å²) in [4.78, 5) is 11.5. The summed E-state index contributed by atoms with van der Waals surface area (Å²) >= 11 is 0. The summed E-state index contributed by atoms with van der Waals surface area (Å²) in [7, 11) is 0. The lowest BCUT2D eigenvalue weighted by Crippen LogP contribution is -2.25. The van der Waals surface area contributed by atoms with E-state index in [1.54, 1.807) is 0 Å². The Balaban J connectivity index is 3.46. The molecule has 6 nitrogen and oxygen atoms in total. The molecule has 0 aromatic rings. The predicted molar refractivity (Wildman–Crippen MR) is 102 cm³/mol. The second-order valence-electron chi connectivity index (χ2n) is 7.34. The first-order chi connectivity index (χ1) is 12.5. The molecule has 0 heterocycles. The third kappa shape index (κ3) is 15.6. The van der Waals surface area contributed by atoms with Crippen LogP contribution in [0.1, 0.15) is 84.0 Å². The predicted octanol–water partition coefficient (Wildman–Crippen LogP) is 2.55. The van der Waals surface area contributed by atoms with E-state index < -0.39 is 12.2 Å².